The van der Waals surface area contributed by atoms with E-state index in [1.807, 2.05) is 36.5 Å². The largest absolute Gasteiger partial charge is 0.378 e. The molecule has 0 unspecified atom stereocenters. The van der Waals surface area contributed by atoms with Gasteiger partial charge in [0.25, 0.3) is 0 Å². The van der Waals surface area contributed by atoms with Gasteiger partial charge in [-0.25, -0.2) is 0 Å². The molecule has 0 atom stereocenters. The van der Waals surface area contributed by atoms with Crippen LogP contribution in [0.15, 0.2) is 36.5 Å². The summed E-state index contributed by atoms with van der Waals surface area (Å²) in [6, 6.07) is 10.0. The molecule has 5 rings (SSSR count). The number of nitrogens with zero attached hydrogens (tertiary/aromatic N) is 5. The van der Waals surface area contributed by atoms with Crippen LogP contribution in [-0.4, -0.2) is 67.8 Å². The van der Waals surface area contributed by atoms with Gasteiger partial charge in [-0.3, -0.25) is 4.98 Å². The molecule has 0 amide bonds. The van der Waals surface area contributed by atoms with Gasteiger partial charge < -0.3 is 19.3 Å². The SMILES string of the molecule is Clc1c(-c2ccccc2)ncc2c(N3CCOCC3)nnc(N3CCOCC3)c12. The summed E-state index contributed by atoms with van der Waals surface area (Å²) in [5.74, 6) is 1.61. The van der Waals surface area contributed by atoms with E-state index in [9.17, 15) is 0 Å². The second kappa shape index (κ2) is 8.10. The maximum atomic E-state index is 6.98. The summed E-state index contributed by atoms with van der Waals surface area (Å²) < 4.78 is 11.0. The fourth-order valence-corrected chi connectivity index (χ4v) is 4.22. The van der Waals surface area contributed by atoms with Crippen LogP contribution in [0.1, 0.15) is 0 Å². The first-order valence-corrected chi connectivity index (χ1v) is 10.3. The van der Waals surface area contributed by atoms with Crippen molar-refractivity contribution in [2.45, 2.75) is 0 Å². The zero-order chi connectivity index (χ0) is 19.6. The van der Waals surface area contributed by atoms with Crippen LogP contribution in [-0.2, 0) is 9.47 Å². The summed E-state index contributed by atoms with van der Waals surface area (Å²) in [7, 11) is 0. The third-order valence-electron chi connectivity index (χ3n) is 5.39. The first-order valence-electron chi connectivity index (χ1n) is 9.88. The maximum absolute atomic E-state index is 6.98. The quantitative estimate of drug-likeness (QED) is 0.656. The van der Waals surface area contributed by atoms with E-state index in [0.717, 1.165) is 59.8 Å². The Labute approximate surface area is 174 Å². The Bertz CT molecular complexity index is 1000. The molecule has 3 aromatic rings. The highest BCUT2D eigenvalue weighted by molar-refractivity contribution is 6.39. The minimum absolute atomic E-state index is 0.611. The van der Waals surface area contributed by atoms with Crippen molar-refractivity contribution in [3.8, 4) is 11.3 Å². The van der Waals surface area contributed by atoms with Crippen LogP contribution in [0.3, 0.4) is 0 Å². The predicted molar refractivity (Wildman–Crippen MR) is 114 cm³/mol. The Morgan fingerprint density at radius 2 is 1.38 bits per heavy atom. The summed E-state index contributed by atoms with van der Waals surface area (Å²) >= 11 is 6.98. The molecule has 0 bridgehead atoms. The highest BCUT2D eigenvalue weighted by atomic mass is 35.5. The van der Waals surface area contributed by atoms with Crippen molar-refractivity contribution in [2.24, 2.45) is 0 Å². The molecule has 0 saturated carbocycles. The Morgan fingerprint density at radius 3 is 2.03 bits per heavy atom. The lowest BCUT2D eigenvalue weighted by atomic mass is 10.1. The molecule has 2 saturated heterocycles. The van der Waals surface area contributed by atoms with Gasteiger partial charge in [-0.1, -0.05) is 41.9 Å². The lowest BCUT2D eigenvalue weighted by molar-refractivity contribution is 0.122. The second-order valence-electron chi connectivity index (χ2n) is 7.12. The number of anilines is 2. The molecule has 29 heavy (non-hydrogen) atoms. The van der Waals surface area contributed by atoms with E-state index in [-0.39, 0.29) is 0 Å². The highest BCUT2D eigenvalue weighted by Crippen LogP contribution is 2.40. The number of pyridine rings is 1. The van der Waals surface area contributed by atoms with Crippen molar-refractivity contribution < 1.29 is 9.47 Å². The van der Waals surface area contributed by atoms with Gasteiger partial charge in [-0.2, -0.15) is 0 Å². The van der Waals surface area contributed by atoms with E-state index in [4.69, 9.17) is 26.1 Å². The molecule has 0 N–H and O–H groups in total. The summed E-state index contributed by atoms with van der Waals surface area (Å²) in [6.07, 6.45) is 1.88. The number of morpholine rings is 2. The Hall–Kier alpha value is -2.48. The third-order valence-corrected chi connectivity index (χ3v) is 5.76. The molecule has 0 radical (unpaired) electrons. The molecular formula is C21H22ClN5O2. The van der Waals surface area contributed by atoms with E-state index in [1.165, 1.54) is 0 Å². The lowest BCUT2D eigenvalue weighted by Gasteiger charge is -2.31. The maximum Gasteiger partial charge on any atom is 0.161 e. The van der Waals surface area contributed by atoms with Gasteiger partial charge in [-0.05, 0) is 0 Å². The third kappa shape index (κ3) is 3.50. The fourth-order valence-electron chi connectivity index (χ4n) is 3.88. The van der Waals surface area contributed by atoms with Crippen LogP contribution >= 0.6 is 11.6 Å². The first-order chi connectivity index (χ1) is 14.3. The Kier molecular flexibility index (Phi) is 5.18. The average molecular weight is 412 g/mol. The van der Waals surface area contributed by atoms with Crippen LogP contribution < -0.4 is 9.80 Å². The lowest BCUT2D eigenvalue weighted by Crippen LogP contribution is -2.38. The number of ether oxygens (including phenoxy) is 2. The van der Waals surface area contributed by atoms with Gasteiger partial charge in [0.05, 0.1) is 42.5 Å². The Balaban J connectivity index is 1.71. The molecule has 0 aliphatic carbocycles. The molecule has 150 valence electrons. The molecule has 2 fully saturated rings. The molecule has 2 aliphatic heterocycles. The molecule has 2 aromatic heterocycles. The van der Waals surface area contributed by atoms with Gasteiger partial charge in [0, 0.05) is 43.3 Å². The molecule has 2 aliphatic rings. The van der Waals surface area contributed by atoms with Crippen LogP contribution in [0.2, 0.25) is 5.02 Å². The van der Waals surface area contributed by atoms with Crippen molar-refractivity contribution in [3.63, 3.8) is 0 Å². The van der Waals surface area contributed by atoms with Gasteiger partial charge in [0.1, 0.15) is 0 Å². The predicted octanol–water partition coefficient (Wildman–Crippen LogP) is 3.02. The van der Waals surface area contributed by atoms with Crippen LogP contribution in [0.4, 0.5) is 11.6 Å². The topological polar surface area (TPSA) is 63.6 Å². The van der Waals surface area contributed by atoms with Gasteiger partial charge in [-0.15, -0.1) is 10.2 Å². The van der Waals surface area contributed by atoms with Crippen molar-refractivity contribution in [1.29, 1.82) is 0 Å². The van der Waals surface area contributed by atoms with Crippen molar-refractivity contribution in [3.05, 3.63) is 41.6 Å². The molecule has 4 heterocycles. The van der Waals surface area contributed by atoms with Crippen LogP contribution in [0, 0.1) is 0 Å². The summed E-state index contributed by atoms with van der Waals surface area (Å²) in [4.78, 5) is 9.11. The summed E-state index contributed by atoms with van der Waals surface area (Å²) in [5.41, 5.74) is 1.74. The molecule has 8 heteroatoms. The standard InChI is InChI=1S/C21H22ClN5O2/c22-18-17-16(14-23-19(18)15-4-2-1-3-5-15)20(26-6-10-28-11-7-26)24-25-21(17)27-8-12-29-13-9-27/h1-5,14H,6-13H2. The van der Waals surface area contributed by atoms with Gasteiger partial charge >= 0.3 is 0 Å². The summed E-state index contributed by atoms with van der Waals surface area (Å²) in [5, 5.41) is 11.7. The first kappa shape index (κ1) is 18.5. The molecular weight excluding hydrogens is 390 g/mol. The fraction of sp³-hybridized carbons (Fsp3) is 0.381. The number of aromatic nitrogens is 3. The average Bonchev–Trinajstić information content (AvgIpc) is 2.80. The van der Waals surface area contributed by atoms with Crippen LogP contribution in [0.25, 0.3) is 22.0 Å². The van der Waals surface area contributed by atoms with Crippen molar-refractivity contribution in [2.75, 3.05) is 62.4 Å². The second-order valence-corrected chi connectivity index (χ2v) is 7.50. The summed E-state index contributed by atoms with van der Waals surface area (Å²) in [6.45, 7) is 5.78. The zero-order valence-electron chi connectivity index (χ0n) is 16.1. The van der Waals surface area contributed by atoms with E-state index >= 15 is 0 Å². The molecule has 7 nitrogen and oxygen atoms in total. The van der Waals surface area contributed by atoms with E-state index in [1.54, 1.807) is 0 Å². The highest BCUT2D eigenvalue weighted by Gasteiger charge is 2.25. The monoisotopic (exact) mass is 411 g/mol. The minimum Gasteiger partial charge on any atom is -0.378 e. The van der Waals surface area contributed by atoms with E-state index in [2.05, 4.69) is 20.0 Å². The van der Waals surface area contributed by atoms with E-state index in [0.29, 0.717) is 31.5 Å². The molecule has 1 aromatic carbocycles. The normalized spacial score (nSPS) is 17.7. The molecule has 0 spiro atoms. The number of hydrogen-bond acceptors (Lipinski definition) is 7. The van der Waals surface area contributed by atoms with Gasteiger partial charge in [0.2, 0.25) is 0 Å². The number of fused-ring (bicyclic) bond motifs is 1. The van der Waals surface area contributed by atoms with Crippen LogP contribution in [0.5, 0.6) is 0 Å². The number of hydrogen-bond donors (Lipinski definition) is 0. The van der Waals surface area contributed by atoms with Crippen molar-refractivity contribution in [1.82, 2.24) is 15.2 Å². The van der Waals surface area contributed by atoms with E-state index < -0.39 is 0 Å². The Morgan fingerprint density at radius 1 is 0.793 bits per heavy atom. The van der Waals surface area contributed by atoms with Crippen molar-refractivity contribution >= 4 is 34.0 Å². The smallest absolute Gasteiger partial charge is 0.161 e. The zero-order valence-corrected chi connectivity index (χ0v) is 16.8. The number of halogens is 1. The number of rotatable bonds is 3. The number of benzene rings is 1. The minimum atomic E-state index is 0.611. The van der Waals surface area contributed by atoms with Gasteiger partial charge in [0.15, 0.2) is 11.6 Å².